The molecule has 2 aliphatic rings. The lowest BCUT2D eigenvalue weighted by molar-refractivity contribution is 0.715. The van der Waals surface area contributed by atoms with Crippen molar-refractivity contribution in [2.75, 3.05) is 0 Å². The Hall–Kier alpha value is -3.12. The molecular weight excluding hydrogens is 384 g/mol. The molecule has 32 heavy (non-hydrogen) atoms. The van der Waals surface area contributed by atoms with Crippen molar-refractivity contribution in [1.29, 1.82) is 0 Å². The molecule has 0 heteroatoms. The molecule has 0 nitrogen and oxygen atoms in total. The molecule has 4 aromatic carbocycles. The molecule has 2 unspecified atom stereocenters. The van der Waals surface area contributed by atoms with Crippen LogP contribution in [-0.4, -0.2) is 0 Å². The Morgan fingerprint density at radius 3 is 1.81 bits per heavy atom. The van der Waals surface area contributed by atoms with Gasteiger partial charge < -0.3 is 0 Å². The topological polar surface area (TPSA) is 0 Å². The van der Waals surface area contributed by atoms with Crippen LogP contribution in [0.5, 0.6) is 0 Å². The highest BCUT2D eigenvalue weighted by Crippen LogP contribution is 2.37. The molecule has 0 saturated carbocycles. The number of fused-ring (bicyclic) bond motifs is 5. The van der Waals surface area contributed by atoms with E-state index in [1.54, 1.807) is 0 Å². The van der Waals surface area contributed by atoms with Crippen LogP contribution in [0, 0.1) is 46.5 Å². The number of hydrogen-bond acceptors (Lipinski definition) is 0. The van der Waals surface area contributed by atoms with Crippen LogP contribution in [0.3, 0.4) is 0 Å². The largest absolute Gasteiger partial charge is 0.0764 e. The van der Waals surface area contributed by atoms with Gasteiger partial charge in [0.1, 0.15) is 0 Å². The SMILES string of the molecule is CC1=CC2C=c3c(C)c4c(C)c5cc6ccc(C)cc6cc5c(C)c4c(C)c3=CC2C=C1. The zero-order valence-corrected chi connectivity index (χ0v) is 19.9. The molecule has 0 heterocycles. The van der Waals surface area contributed by atoms with Crippen molar-refractivity contribution in [2.45, 2.75) is 41.5 Å². The van der Waals surface area contributed by atoms with Gasteiger partial charge in [-0.2, -0.15) is 0 Å². The average Bonchev–Trinajstić information content (AvgIpc) is 2.77. The summed E-state index contributed by atoms with van der Waals surface area (Å²) in [5.74, 6) is 0.938. The quantitative estimate of drug-likeness (QED) is 0.271. The second-order valence-electron chi connectivity index (χ2n) is 10.1. The third kappa shape index (κ3) is 2.62. The van der Waals surface area contributed by atoms with Crippen molar-refractivity contribution in [3.63, 3.8) is 0 Å². The van der Waals surface area contributed by atoms with E-state index in [0.29, 0.717) is 11.8 Å². The Morgan fingerprint density at radius 1 is 0.562 bits per heavy atom. The van der Waals surface area contributed by atoms with Crippen molar-refractivity contribution in [3.05, 3.63) is 92.4 Å². The summed E-state index contributed by atoms with van der Waals surface area (Å²) in [6, 6.07) is 11.6. The van der Waals surface area contributed by atoms with Gasteiger partial charge in [-0.25, -0.2) is 0 Å². The van der Waals surface area contributed by atoms with Gasteiger partial charge in [-0.05, 0) is 119 Å². The second-order valence-corrected chi connectivity index (χ2v) is 10.1. The number of allylic oxidation sites excluding steroid dienone is 4. The van der Waals surface area contributed by atoms with E-state index in [0.717, 1.165) is 0 Å². The van der Waals surface area contributed by atoms with Gasteiger partial charge in [0.05, 0.1) is 0 Å². The molecule has 0 amide bonds. The van der Waals surface area contributed by atoms with Crippen molar-refractivity contribution in [2.24, 2.45) is 11.8 Å². The maximum Gasteiger partial charge on any atom is 0.00596 e. The molecule has 0 saturated heterocycles. The summed E-state index contributed by atoms with van der Waals surface area (Å²) in [5, 5.41) is 11.2. The number of hydrogen-bond donors (Lipinski definition) is 0. The zero-order valence-electron chi connectivity index (χ0n) is 19.9. The summed E-state index contributed by atoms with van der Waals surface area (Å²) in [5.41, 5.74) is 8.38. The zero-order chi connectivity index (χ0) is 22.3. The predicted octanol–water partition coefficient (Wildman–Crippen LogP) is 7.01. The highest BCUT2D eigenvalue weighted by molar-refractivity contribution is 6.11. The van der Waals surface area contributed by atoms with E-state index in [1.807, 2.05) is 0 Å². The summed E-state index contributed by atoms with van der Waals surface area (Å²) in [6.07, 6.45) is 12.1. The fourth-order valence-electron chi connectivity index (χ4n) is 6.29. The Labute approximate surface area is 190 Å². The summed E-state index contributed by atoms with van der Waals surface area (Å²) >= 11 is 0. The maximum atomic E-state index is 2.52. The lowest BCUT2D eigenvalue weighted by Gasteiger charge is -2.26. The van der Waals surface area contributed by atoms with Crippen molar-refractivity contribution in [3.8, 4) is 0 Å². The molecule has 6 rings (SSSR count). The van der Waals surface area contributed by atoms with Gasteiger partial charge in [0.2, 0.25) is 0 Å². The summed E-state index contributed by atoms with van der Waals surface area (Å²) in [4.78, 5) is 0. The summed E-state index contributed by atoms with van der Waals surface area (Å²) in [7, 11) is 0. The molecule has 0 bridgehead atoms. The molecule has 2 atom stereocenters. The molecule has 4 aromatic rings. The minimum Gasteiger partial charge on any atom is -0.0764 e. The van der Waals surface area contributed by atoms with Gasteiger partial charge in [-0.15, -0.1) is 0 Å². The van der Waals surface area contributed by atoms with Crippen LogP contribution >= 0.6 is 0 Å². The number of aryl methyl sites for hydroxylation is 5. The maximum absolute atomic E-state index is 2.52. The molecule has 0 aromatic heterocycles. The number of rotatable bonds is 0. The highest BCUT2D eigenvalue weighted by atomic mass is 14.3. The van der Waals surface area contributed by atoms with E-state index in [2.05, 4.69) is 102 Å². The van der Waals surface area contributed by atoms with E-state index in [-0.39, 0.29) is 0 Å². The van der Waals surface area contributed by atoms with Gasteiger partial charge in [-0.3, -0.25) is 0 Å². The minimum absolute atomic E-state index is 0.468. The van der Waals surface area contributed by atoms with Crippen molar-refractivity contribution < 1.29 is 0 Å². The second kappa shape index (κ2) is 6.69. The first-order valence-electron chi connectivity index (χ1n) is 11.8. The van der Waals surface area contributed by atoms with Crippen LogP contribution in [0.25, 0.3) is 44.5 Å². The van der Waals surface area contributed by atoms with E-state index < -0.39 is 0 Å². The van der Waals surface area contributed by atoms with Crippen LogP contribution in [-0.2, 0) is 0 Å². The summed E-state index contributed by atoms with van der Waals surface area (Å²) in [6.45, 7) is 13.7. The van der Waals surface area contributed by atoms with Gasteiger partial charge in [0.25, 0.3) is 0 Å². The Balaban J connectivity index is 1.80. The lowest BCUT2D eigenvalue weighted by atomic mass is 9.78. The molecule has 0 aliphatic heterocycles. The van der Waals surface area contributed by atoms with Gasteiger partial charge in [0.15, 0.2) is 0 Å². The van der Waals surface area contributed by atoms with E-state index in [9.17, 15) is 0 Å². The van der Waals surface area contributed by atoms with Crippen molar-refractivity contribution >= 4 is 44.5 Å². The first-order valence-corrected chi connectivity index (χ1v) is 11.8. The van der Waals surface area contributed by atoms with Crippen LogP contribution in [0.15, 0.2) is 54.1 Å². The minimum atomic E-state index is 0.468. The fourth-order valence-corrected chi connectivity index (χ4v) is 6.29. The molecule has 2 aliphatic carbocycles. The van der Waals surface area contributed by atoms with Gasteiger partial charge in [-0.1, -0.05) is 59.7 Å². The van der Waals surface area contributed by atoms with Crippen LogP contribution in [0.1, 0.15) is 34.7 Å². The third-order valence-electron chi connectivity index (χ3n) is 7.99. The first kappa shape index (κ1) is 19.6. The lowest BCUT2D eigenvalue weighted by Crippen LogP contribution is -2.37. The Kier molecular flexibility index (Phi) is 4.09. The molecule has 0 N–H and O–H groups in total. The summed E-state index contributed by atoms with van der Waals surface area (Å²) < 4.78 is 0. The third-order valence-corrected chi connectivity index (χ3v) is 7.99. The standard InChI is InChI=1S/C32H30/c1-17-7-9-23-13-27-19(3)32-22(6)30-16-26-12-18(2)8-10-24(26)14-28(30)20(4)31(32)21(5)29(27)15-25(23)11-17/h7-16,23,25H,1-6H3. The van der Waals surface area contributed by atoms with Gasteiger partial charge in [0, 0.05) is 11.8 Å². The predicted molar refractivity (Wildman–Crippen MR) is 141 cm³/mol. The van der Waals surface area contributed by atoms with Crippen LogP contribution < -0.4 is 10.4 Å². The monoisotopic (exact) mass is 414 g/mol. The van der Waals surface area contributed by atoms with Gasteiger partial charge >= 0.3 is 0 Å². The van der Waals surface area contributed by atoms with E-state index in [4.69, 9.17) is 0 Å². The van der Waals surface area contributed by atoms with Crippen LogP contribution in [0.4, 0.5) is 0 Å². The highest BCUT2D eigenvalue weighted by Gasteiger charge is 2.22. The first-order chi connectivity index (χ1) is 15.3. The Morgan fingerprint density at radius 2 is 1.16 bits per heavy atom. The van der Waals surface area contributed by atoms with Crippen molar-refractivity contribution in [1.82, 2.24) is 0 Å². The van der Waals surface area contributed by atoms with Crippen LogP contribution in [0.2, 0.25) is 0 Å². The Bertz CT molecular complexity index is 1670. The molecule has 0 radical (unpaired) electrons. The number of benzene rings is 4. The smallest absolute Gasteiger partial charge is 0.00596 e. The fraction of sp³-hybridized carbons (Fsp3) is 0.250. The molecule has 0 spiro atoms. The normalized spacial score (nSPS) is 19.5. The van der Waals surface area contributed by atoms with E-state index in [1.165, 1.54) is 76.1 Å². The molecule has 158 valence electrons. The average molecular weight is 415 g/mol. The van der Waals surface area contributed by atoms with E-state index >= 15 is 0 Å². The molecule has 0 fully saturated rings. The molecular formula is C32H30.